The number of nitrogens with zero attached hydrogens (tertiary/aromatic N) is 1. The first-order chi connectivity index (χ1) is 7.29. The Morgan fingerprint density at radius 2 is 2.07 bits per heavy atom. The molecule has 0 atom stereocenters. The fourth-order valence-electron chi connectivity index (χ4n) is 2.03. The molecule has 0 spiro atoms. The highest BCUT2D eigenvalue weighted by atomic mass is 35.5. The van der Waals surface area contributed by atoms with E-state index in [0.29, 0.717) is 0 Å². The van der Waals surface area contributed by atoms with Crippen LogP contribution in [0.15, 0.2) is 18.2 Å². The lowest BCUT2D eigenvalue weighted by Gasteiger charge is -2.16. The first-order valence-corrected chi connectivity index (χ1v) is 5.86. The first kappa shape index (κ1) is 10.8. The van der Waals surface area contributed by atoms with Gasteiger partial charge in [-0.3, -0.25) is 4.90 Å². The van der Waals surface area contributed by atoms with Crippen LogP contribution in [0.5, 0.6) is 0 Å². The molecule has 1 saturated heterocycles. The Bertz CT molecular complexity index is 332. The van der Waals surface area contributed by atoms with Gasteiger partial charge in [-0.1, -0.05) is 11.6 Å². The molecular weight excluding hydrogens is 208 g/mol. The smallest absolute Gasteiger partial charge is 0.0452 e. The summed E-state index contributed by atoms with van der Waals surface area (Å²) in [5, 5.41) is 4.02. The molecule has 1 N–H and O–H groups in total. The molecule has 1 aliphatic rings. The van der Waals surface area contributed by atoms with Gasteiger partial charge in [0.05, 0.1) is 0 Å². The lowest BCUT2D eigenvalue weighted by Crippen LogP contribution is -2.18. The third-order valence-corrected chi connectivity index (χ3v) is 3.30. The zero-order valence-corrected chi connectivity index (χ0v) is 9.85. The van der Waals surface area contributed by atoms with Crippen molar-refractivity contribution < 1.29 is 0 Å². The van der Waals surface area contributed by atoms with Crippen LogP contribution in [0, 0.1) is 0 Å². The SMILES string of the molecule is CNc1ccc(Cl)c(CN2CCCC2)c1. The van der Waals surface area contributed by atoms with Crippen molar-refractivity contribution in [2.45, 2.75) is 19.4 Å². The number of anilines is 1. The van der Waals surface area contributed by atoms with Gasteiger partial charge in [-0.2, -0.15) is 0 Å². The lowest BCUT2D eigenvalue weighted by atomic mass is 10.2. The molecular formula is C12H17ClN2. The minimum Gasteiger partial charge on any atom is -0.388 e. The van der Waals surface area contributed by atoms with Gasteiger partial charge >= 0.3 is 0 Å². The zero-order valence-electron chi connectivity index (χ0n) is 9.09. The minimum atomic E-state index is 0.876. The molecule has 2 nitrogen and oxygen atoms in total. The van der Waals surface area contributed by atoms with Gasteiger partial charge in [0.1, 0.15) is 0 Å². The molecule has 0 bridgehead atoms. The minimum absolute atomic E-state index is 0.876. The Morgan fingerprint density at radius 1 is 1.33 bits per heavy atom. The van der Waals surface area contributed by atoms with Gasteiger partial charge in [0.25, 0.3) is 0 Å². The van der Waals surface area contributed by atoms with Crippen molar-refractivity contribution in [1.29, 1.82) is 0 Å². The largest absolute Gasteiger partial charge is 0.388 e. The van der Waals surface area contributed by atoms with Crippen LogP contribution in [0.2, 0.25) is 5.02 Å². The number of benzene rings is 1. The van der Waals surface area contributed by atoms with Crippen molar-refractivity contribution in [2.24, 2.45) is 0 Å². The van der Waals surface area contributed by atoms with Crippen molar-refractivity contribution in [1.82, 2.24) is 4.90 Å². The summed E-state index contributed by atoms with van der Waals surface area (Å²) in [6, 6.07) is 6.12. The molecule has 2 rings (SSSR count). The summed E-state index contributed by atoms with van der Waals surface area (Å²) in [6.45, 7) is 3.40. The monoisotopic (exact) mass is 224 g/mol. The third-order valence-electron chi connectivity index (χ3n) is 2.93. The third kappa shape index (κ3) is 2.64. The second kappa shape index (κ2) is 4.86. The second-order valence-electron chi connectivity index (χ2n) is 4.04. The second-order valence-corrected chi connectivity index (χ2v) is 4.45. The number of hydrogen-bond acceptors (Lipinski definition) is 2. The Kier molecular flexibility index (Phi) is 3.49. The van der Waals surface area contributed by atoms with E-state index < -0.39 is 0 Å². The summed E-state index contributed by atoms with van der Waals surface area (Å²) < 4.78 is 0. The molecule has 1 heterocycles. The van der Waals surface area contributed by atoms with Crippen LogP contribution in [0.1, 0.15) is 18.4 Å². The molecule has 0 amide bonds. The van der Waals surface area contributed by atoms with Crippen LogP contribution in [0.25, 0.3) is 0 Å². The van der Waals surface area contributed by atoms with E-state index in [4.69, 9.17) is 11.6 Å². The van der Waals surface area contributed by atoms with Gasteiger partial charge in [0, 0.05) is 24.3 Å². The van der Waals surface area contributed by atoms with Crippen LogP contribution in [0.4, 0.5) is 5.69 Å². The molecule has 0 unspecified atom stereocenters. The molecule has 0 aromatic heterocycles. The van der Waals surface area contributed by atoms with Gasteiger partial charge < -0.3 is 5.32 Å². The van der Waals surface area contributed by atoms with Crippen LogP contribution in [-0.4, -0.2) is 25.0 Å². The highest BCUT2D eigenvalue weighted by Gasteiger charge is 2.13. The van der Waals surface area contributed by atoms with Crippen LogP contribution in [-0.2, 0) is 6.54 Å². The first-order valence-electron chi connectivity index (χ1n) is 5.48. The van der Waals surface area contributed by atoms with Gasteiger partial charge in [-0.05, 0) is 49.7 Å². The molecule has 0 aliphatic carbocycles. The van der Waals surface area contributed by atoms with Crippen molar-refractivity contribution in [3.63, 3.8) is 0 Å². The van der Waals surface area contributed by atoms with Crippen LogP contribution >= 0.6 is 11.6 Å². The fourth-order valence-corrected chi connectivity index (χ4v) is 2.21. The topological polar surface area (TPSA) is 15.3 Å². The van der Waals surface area contributed by atoms with E-state index in [2.05, 4.69) is 16.3 Å². The summed E-state index contributed by atoms with van der Waals surface area (Å²) in [5.41, 5.74) is 2.36. The molecule has 1 aliphatic heterocycles. The number of rotatable bonds is 3. The lowest BCUT2D eigenvalue weighted by molar-refractivity contribution is 0.331. The standard InChI is InChI=1S/C12H17ClN2/c1-14-11-4-5-12(13)10(8-11)9-15-6-2-3-7-15/h4-5,8,14H,2-3,6-7,9H2,1H3. The number of halogens is 1. The van der Waals surface area contributed by atoms with Gasteiger partial charge in [0.15, 0.2) is 0 Å². The molecule has 15 heavy (non-hydrogen) atoms. The Labute approximate surface area is 96.2 Å². The zero-order chi connectivity index (χ0) is 10.7. The summed E-state index contributed by atoms with van der Waals surface area (Å²) in [7, 11) is 1.93. The summed E-state index contributed by atoms with van der Waals surface area (Å²) in [5.74, 6) is 0. The van der Waals surface area contributed by atoms with E-state index in [-0.39, 0.29) is 0 Å². The number of nitrogens with one attached hydrogen (secondary N) is 1. The predicted octanol–water partition coefficient (Wildman–Crippen LogP) is 2.98. The normalized spacial score (nSPS) is 16.9. The molecule has 1 aromatic carbocycles. The fraction of sp³-hybridized carbons (Fsp3) is 0.500. The van der Waals surface area contributed by atoms with Crippen molar-refractivity contribution >= 4 is 17.3 Å². The quantitative estimate of drug-likeness (QED) is 0.849. The van der Waals surface area contributed by atoms with E-state index in [1.807, 2.05) is 19.2 Å². The summed E-state index contributed by atoms with van der Waals surface area (Å²) in [4.78, 5) is 2.46. The number of likely N-dealkylation sites (tertiary alicyclic amines) is 1. The van der Waals surface area contributed by atoms with Gasteiger partial charge in [0.2, 0.25) is 0 Å². The molecule has 1 aromatic rings. The molecule has 82 valence electrons. The Morgan fingerprint density at radius 3 is 2.73 bits per heavy atom. The average molecular weight is 225 g/mol. The van der Waals surface area contributed by atoms with Crippen LogP contribution in [0.3, 0.4) is 0 Å². The van der Waals surface area contributed by atoms with E-state index in [9.17, 15) is 0 Å². The van der Waals surface area contributed by atoms with Crippen molar-refractivity contribution in [3.05, 3.63) is 28.8 Å². The maximum atomic E-state index is 6.18. The predicted molar refractivity (Wildman–Crippen MR) is 65.5 cm³/mol. The molecule has 0 saturated carbocycles. The average Bonchev–Trinajstić information content (AvgIpc) is 2.74. The Balaban J connectivity index is 2.11. The van der Waals surface area contributed by atoms with Crippen molar-refractivity contribution in [3.8, 4) is 0 Å². The van der Waals surface area contributed by atoms with E-state index in [0.717, 1.165) is 17.3 Å². The highest BCUT2D eigenvalue weighted by molar-refractivity contribution is 6.31. The maximum Gasteiger partial charge on any atom is 0.0452 e. The summed E-state index contributed by atoms with van der Waals surface area (Å²) >= 11 is 6.18. The van der Waals surface area contributed by atoms with Crippen LogP contribution < -0.4 is 5.32 Å². The summed E-state index contributed by atoms with van der Waals surface area (Å²) in [6.07, 6.45) is 2.65. The Hall–Kier alpha value is -0.730. The van der Waals surface area contributed by atoms with Gasteiger partial charge in [-0.25, -0.2) is 0 Å². The molecule has 3 heteroatoms. The molecule has 0 radical (unpaired) electrons. The van der Waals surface area contributed by atoms with E-state index in [1.165, 1.54) is 31.5 Å². The van der Waals surface area contributed by atoms with E-state index in [1.54, 1.807) is 0 Å². The molecule has 1 fully saturated rings. The number of hydrogen-bond donors (Lipinski definition) is 1. The van der Waals surface area contributed by atoms with Crippen molar-refractivity contribution in [2.75, 3.05) is 25.5 Å². The highest BCUT2D eigenvalue weighted by Crippen LogP contribution is 2.23. The van der Waals surface area contributed by atoms with Gasteiger partial charge in [-0.15, -0.1) is 0 Å². The maximum absolute atomic E-state index is 6.18. The van der Waals surface area contributed by atoms with E-state index >= 15 is 0 Å².